The van der Waals surface area contributed by atoms with E-state index in [2.05, 4.69) is 5.32 Å². The van der Waals surface area contributed by atoms with Crippen LogP contribution in [-0.2, 0) is 20.2 Å². The molecule has 0 saturated heterocycles. The number of rotatable bonds is 6. The lowest BCUT2D eigenvalue weighted by molar-refractivity contribution is -0.120. The second kappa shape index (κ2) is 6.91. The molecule has 0 aliphatic heterocycles. The van der Waals surface area contributed by atoms with E-state index in [0.717, 1.165) is 18.4 Å². The third kappa shape index (κ3) is 4.25. The molecule has 0 atom stereocenters. The van der Waals surface area contributed by atoms with E-state index in [4.69, 9.17) is 4.74 Å². The summed E-state index contributed by atoms with van der Waals surface area (Å²) in [4.78, 5) is 12.3. The van der Waals surface area contributed by atoms with Crippen molar-refractivity contribution in [2.75, 3.05) is 12.9 Å². The van der Waals surface area contributed by atoms with Crippen molar-refractivity contribution in [3.05, 3.63) is 29.8 Å². The number of carbonyl (C=O) groups excluding carboxylic acids is 1. The summed E-state index contributed by atoms with van der Waals surface area (Å²) in [6.45, 7) is 3.68. The predicted molar refractivity (Wildman–Crippen MR) is 90.2 cm³/mol. The number of amides is 1. The zero-order chi connectivity index (χ0) is 17.1. The van der Waals surface area contributed by atoms with Gasteiger partial charge < -0.3 is 10.1 Å². The maximum atomic E-state index is 12.3. The van der Waals surface area contributed by atoms with E-state index in [1.807, 2.05) is 38.1 Å². The molecule has 1 fully saturated rings. The highest BCUT2D eigenvalue weighted by atomic mass is 32.2. The fourth-order valence-corrected chi connectivity index (χ4v) is 4.89. The molecule has 6 heteroatoms. The molecule has 1 amide bonds. The van der Waals surface area contributed by atoms with Gasteiger partial charge in [-0.25, -0.2) is 8.42 Å². The van der Waals surface area contributed by atoms with Crippen LogP contribution in [0, 0.1) is 0 Å². The minimum absolute atomic E-state index is 0.359. The number of nitrogens with one attached hydrogen (secondary N) is 1. The zero-order valence-electron chi connectivity index (χ0n) is 14.0. The molecule has 0 aromatic heterocycles. The molecule has 1 aromatic rings. The Bertz CT molecular complexity index is 661. The molecule has 0 bridgehead atoms. The maximum absolute atomic E-state index is 12.3. The van der Waals surface area contributed by atoms with E-state index in [-0.39, 0.29) is 5.25 Å². The fraction of sp³-hybridized carbons (Fsp3) is 0.588. The van der Waals surface area contributed by atoms with Gasteiger partial charge >= 0.3 is 0 Å². The van der Waals surface area contributed by atoms with Crippen LogP contribution in [-0.4, -0.2) is 32.4 Å². The van der Waals surface area contributed by atoms with Gasteiger partial charge in [0, 0.05) is 5.56 Å². The molecule has 128 valence electrons. The second-order valence-electron chi connectivity index (χ2n) is 6.59. The number of ether oxygens (including phenoxy) is 1. The summed E-state index contributed by atoms with van der Waals surface area (Å²) in [5.41, 5.74) is 0.101. The van der Waals surface area contributed by atoms with Crippen molar-refractivity contribution in [3.63, 3.8) is 0 Å². The number of sulfone groups is 1. The normalized spacial score (nSPS) is 16.3. The van der Waals surface area contributed by atoms with Crippen LogP contribution in [0.1, 0.15) is 45.1 Å². The largest absolute Gasteiger partial charge is 0.496 e. The van der Waals surface area contributed by atoms with Crippen LogP contribution in [0.4, 0.5) is 0 Å². The summed E-state index contributed by atoms with van der Waals surface area (Å²) in [7, 11) is -1.80. The van der Waals surface area contributed by atoms with Crippen molar-refractivity contribution in [1.82, 2.24) is 5.32 Å². The summed E-state index contributed by atoms with van der Waals surface area (Å²) in [6.07, 6.45) is 3.20. The first-order valence-corrected chi connectivity index (χ1v) is 9.64. The highest BCUT2D eigenvalue weighted by Gasteiger charge is 2.33. The Morgan fingerprint density at radius 3 is 2.48 bits per heavy atom. The summed E-state index contributed by atoms with van der Waals surface area (Å²) >= 11 is 0. The number of hydrogen-bond donors (Lipinski definition) is 1. The third-order valence-electron chi connectivity index (χ3n) is 4.37. The third-order valence-corrected chi connectivity index (χ3v) is 6.53. The van der Waals surface area contributed by atoms with Gasteiger partial charge in [0.05, 0.1) is 17.9 Å². The van der Waals surface area contributed by atoms with E-state index in [9.17, 15) is 13.2 Å². The number of para-hydroxylation sites is 1. The van der Waals surface area contributed by atoms with Gasteiger partial charge in [-0.1, -0.05) is 31.0 Å². The van der Waals surface area contributed by atoms with Gasteiger partial charge in [-0.3, -0.25) is 4.79 Å². The number of hydrogen-bond acceptors (Lipinski definition) is 4. The van der Waals surface area contributed by atoms with Gasteiger partial charge in [0.2, 0.25) is 5.91 Å². The van der Waals surface area contributed by atoms with Crippen LogP contribution in [0.5, 0.6) is 5.75 Å². The number of carbonyl (C=O) groups is 1. The molecule has 2 rings (SSSR count). The lowest BCUT2D eigenvalue weighted by Crippen LogP contribution is -2.44. The van der Waals surface area contributed by atoms with Crippen molar-refractivity contribution >= 4 is 15.7 Å². The van der Waals surface area contributed by atoms with Crippen molar-refractivity contribution in [2.45, 2.75) is 50.3 Å². The summed E-state index contributed by atoms with van der Waals surface area (Å²) < 4.78 is 29.9. The smallest absolute Gasteiger partial charge is 0.235 e. The van der Waals surface area contributed by atoms with Gasteiger partial charge in [0.15, 0.2) is 9.84 Å². The topological polar surface area (TPSA) is 72.5 Å². The molecule has 23 heavy (non-hydrogen) atoms. The van der Waals surface area contributed by atoms with E-state index in [1.165, 1.54) is 0 Å². The molecule has 1 aliphatic carbocycles. The molecule has 1 N–H and O–H groups in total. The Labute approximate surface area is 138 Å². The highest BCUT2D eigenvalue weighted by Crippen LogP contribution is 2.30. The quantitative estimate of drug-likeness (QED) is 0.864. The van der Waals surface area contributed by atoms with Crippen LogP contribution >= 0.6 is 0 Å². The monoisotopic (exact) mass is 339 g/mol. The van der Waals surface area contributed by atoms with Gasteiger partial charge in [0.25, 0.3) is 0 Å². The first-order chi connectivity index (χ1) is 10.8. The molecule has 1 aliphatic rings. The number of benzene rings is 1. The standard InChI is InChI=1S/C17H25NO4S/c1-17(2,14-10-6-7-11-15(14)22-3)18-16(19)12-23(20,21)13-8-4-5-9-13/h6-7,10-11,13H,4-5,8-9,12H2,1-3H3,(H,18,19). The molecule has 5 nitrogen and oxygen atoms in total. The van der Waals surface area contributed by atoms with Gasteiger partial charge in [-0.05, 0) is 32.8 Å². The van der Waals surface area contributed by atoms with Crippen LogP contribution < -0.4 is 10.1 Å². The molecule has 0 heterocycles. The van der Waals surface area contributed by atoms with Gasteiger partial charge in [0.1, 0.15) is 11.5 Å². The Kier molecular flexibility index (Phi) is 5.34. The highest BCUT2D eigenvalue weighted by molar-refractivity contribution is 7.92. The van der Waals surface area contributed by atoms with Crippen LogP contribution in [0.2, 0.25) is 0 Å². The van der Waals surface area contributed by atoms with Crippen molar-refractivity contribution in [2.24, 2.45) is 0 Å². The molecule has 0 radical (unpaired) electrons. The van der Waals surface area contributed by atoms with Crippen molar-refractivity contribution in [3.8, 4) is 5.75 Å². The summed E-state index contributed by atoms with van der Waals surface area (Å²) in [6, 6.07) is 7.40. The molecular formula is C17H25NO4S. The van der Waals surface area contributed by atoms with E-state index < -0.39 is 27.0 Å². The Morgan fingerprint density at radius 1 is 1.26 bits per heavy atom. The predicted octanol–water partition coefficient (Wildman–Crippen LogP) is 2.40. The average molecular weight is 339 g/mol. The lowest BCUT2D eigenvalue weighted by Gasteiger charge is -2.28. The Balaban J connectivity index is 2.09. The van der Waals surface area contributed by atoms with E-state index >= 15 is 0 Å². The molecular weight excluding hydrogens is 314 g/mol. The minimum Gasteiger partial charge on any atom is -0.496 e. The van der Waals surface area contributed by atoms with Crippen molar-refractivity contribution in [1.29, 1.82) is 0 Å². The number of methoxy groups -OCH3 is 1. The van der Waals surface area contributed by atoms with Gasteiger partial charge in [-0.2, -0.15) is 0 Å². The molecule has 1 aromatic carbocycles. The summed E-state index contributed by atoms with van der Waals surface area (Å²) in [5.74, 6) is -0.250. The first-order valence-electron chi connectivity index (χ1n) is 7.92. The minimum atomic E-state index is -3.37. The van der Waals surface area contributed by atoms with Crippen molar-refractivity contribution < 1.29 is 17.9 Å². The SMILES string of the molecule is COc1ccccc1C(C)(C)NC(=O)CS(=O)(=O)C1CCCC1. The molecule has 0 spiro atoms. The molecule has 1 saturated carbocycles. The van der Waals surface area contributed by atoms with Crippen LogP contribution in [0.3, 0.4) is 0 Å². The Hall–Kier alpha value is -1.56. The van der Waals surface area contributed by atoms with Crippen LogP contribution in [0.25, 0.3) is 0 Å². The maximum Gasteiger partial charge on any atom is 0.235 e. The van der Waals surface area contributed by atoms with Gasteiger partial charge in [-0.15, -0.1) is 0 Å². The zero-order valence-corrected chi connectivity index (χ0v) is 14.8. The fourth-order valence-electron chi connectivity index (χ4n) is 3.16. The average Bonchev–Trinajstić information content (AvgIpc) is 3.01. The van der Waals surface area contributed by atoms with E-state index in [1.54, 1.807) is 7.11 Å². The molecule has 0 unspecified atom stereocenters. The lowest BCUT2D eigenvalue weighted by atomic mass is 9.93. The first kappa shape index (κ1) is 17.8. The Morgan fingerprint density at radius 2 is 1.87 bits per heavy atom. The second-order valence-corrected chi connectivity index (χ2v) is 8.87. The summed E-state index contributed by atoms with van der Waals surface area (Å²) in [5, 5.41) is 2.47. The van der Waals surface area contributed by atoms with Crippen LogP contribution in [0.15, 0.2) is 24.3 Å². The van der Waals surface area contributed by atoms with E-state index in [0.29, 0.717) is 18.6 Å².